The molecule has 2 aliphatic carbocycles. The maximum Gasteiger partial charge on any atom is 0.127 e. The molecule has 2 saturated carbocycles. The molecule has 2 aromatic carbocycles. The first kappa shape index (κ1) is 25.1. The predicted octanol–water partition coefficient (Wildman–Crippen LogP) is 8.65. The summed E-state index contributed by atoms with van der Waals surface area (Å²) < 4.78 is 6.25. The quantitative estimate of drug-likeness (QED) is 0.0872. The molecule has 0 radical (unpaired) electrons. The van der Waals surface area contributed by atoms with E-state index in [1.54, 1.807) is 0 Å². The van der Waals surface area contributed by atoms with Crippen LogP contribution in [0.15, 0.2) is 70.3 Å². The van der Waals surface area contributed by atoms with Crippen LogP contribution in [0.1, 0.15) is 56.1 Å². The zero-order valence-electron chi connectivity index (χ0n) is 20.6. The summed E-state index contributed by atoms with van der Waals surface area (Å²) in [6.07, 6.45) is 13.2. The Morgan fingerprint density at radius 2 is 1.94 bits per heavy atom. The summed E-state index contributed by atoms with van der Waals surface area (Å²) in [5.41, 5.74) is 13.6. The molecule has 5 nitrogen and oxygen atoms in total. The van der Waals surface area contributed by atoms with Crippen LogP contribution in [0, 0.1) is 5.92 Å². The highest BCUT2D eigenvalue weighted by atomic mass is 35.5. The van der Waals surface area contributed by atoms with Crippen LogP contribution < -0.4 is 4.74 Å². The van der Waals surface area contributed by atoms with Crippen LogP contribution in [-0.4, -0.2) is 29.8 Å². The number of azide groups is 1. The fourth-order valence-corrected chi connectivity index (χ4v) is 5.73. The lowest BCUT2D eigenvalue weighted by Crippen LogP contribution is -2.22. The van der Waals surface area contributed by atoms with Crippen LogP contribution in [0.2, 0.25) is 5.02 Å². The van der Waals surface area contributed by atoms with Crippen molar-refractivity contribution in [3.63, 3.8) is 0 Å². The van der Waals surface area contributed by atoms with Crippen molar-refractivity contribution in [1.82, 2.24) is 4.90 Å². The number of unbranched alkanes of at least 4 members (excludes halogenated alkanes) is 2. The molecule has 1 heterocycles. The van der Waals surface area contributed by atoms with Gasteiger partial charge in [-0.2, -0.15) is 0 Å². The van der Waals surface area contributed by atoms with Gasteiger partial charge in [0.05, 0.1) is 6.10 Å². The van der Waals surface area contributed by atoms with E-state index in [9.17, 15) is 0 Å². The molecule has 0 atom stereocenters. The van der Waals surface area contributed by atoms with Crippen LogP contribution in [0.4, 0.5) is 0 Å². The lowest BCUT2D eigenvalue weighted by Gasteiger charge is -2.28. The van der Waals surface area contributed by atoms with Crippen LogP contribution in [0.5, 0.6) is 5.75 Å². The van der Waals surface area contributed by atoms with Gasteiger partial charge in [0.2, 0.25) is 0 Å². The summed E-state index contributed by atoms with van der Waals surface area (Å²) in [6.45, 7) is 2.26. The molecular formula is C29H33ClN4OS. The van der Waals surface area contributed by atoms with Crippen LogP contribution in [0.25, 0.3) is 16.0 Å². The van der Waals surface area contributed by atoms with Crippen LogP contribution in [-0.2, 0) is 6.54 Å². The van der Waals surface area contributed by atoms with E-state index in [1.807, 2.05) is 17.8 Å². The molecule has 0 unspecified atom stereocenters. The first-order chi connectivity index (χ1) is 17.7. The minimum absolute atomic E-state index is 0.394. The van der Waals surface area contributed by atoms with E-state index in [4.69, 9.17) is 21.9 Å². The zero-order chi connectivity index (χ0) is 24.7. The molecule has 0 aromatic heterocycles. The molecule has 3 aliphatic rings. The number of nitrogens with zero attached hydrogens (tertiary/aromatic N) is 4. The summed E-state index contributed by atoms with van der Waals surface area (Å²) in [5.74, 6) is 2.72. The minimum atomic E-state index is 0.394. The van der Waals surface area contributed by atoms with Crippen LogP contribution in [0.3, 0.4) is 0 Å². The molecule has 188 valence electrons. The van der Waals surface area contributed by atoms with Crippen molar-refractivity contribution < 1.29 is 4.74 Å². The Morgan fingerprint density at radius 3 is 2.75 bits per heavy atom. The maximum absolute atomic E-state index is 8.36. The Kier molecular flexibility index (Phi) is 8.47. The number of hydrogen-bond acceptors (Lipinski definition) is 4. The van der Waals surface area contributed by atoms with E-state index in [2.05, 4.69) is 63.6 Å². The third-order valence-electron chi connectivity index (χ3n) is 6.80. The third-order valence-corrected chi connectivity index (χ3v) is 8.25. The fourth-order valence-electron chi connectivity index (χ4n) is 4.57. The maximum atomic E-state index is 8.36. The number of allylic oxidation sites excluding steroid dienone is 2. The monoisotopic (exact) mass is 520 g/mol. The van der Waals surface area contributed by atoms with Crippen molar-refractivity contribution in [1.29, 1.82) is 0 Å². The van der Waals surface area contributed by atoms with Gasteiger partial charge >= 0.3 is 0 Å². The van der Waals surface area contributed by atoms with E-state index in [0.717, 1.165) is 48.9 Å². The molecule has 0 N–H and O–H groups in total. The molecule has 0 saturated heterocycles. The Balaban J connectivity index is 1.24. The molecule has 5 rings (SSSR count). The van der Waals surface area contributed by atoms with Crippen molar-refractivity contribution in [2.75, 3.05) is 18.8 Å². The number of hydrogen-bond donors (Lipinski definition) is 0. The topological polar surface area (TPSA) is 61.2 Å². The van der Waals surface area contributed by atoms with E-state index in [0.29, 0.717) is 18.6 Å². The average Bonchev–Trinajstić information content (AvgIpc) is 3.81. The second-order valence-corrected chi connectivity index (χ2v) is 11.4. The van der Waals surface area contributed by atoms with Crippen molar-refractivity contribution in [3.05, 3.63) is 86.9 Å². The van der Waals surface area contributed by atoms with E-state index < -0.39 is 0 Å². The minimum Gasteiger partial charge on any atom is -0.490 e. The SMILES string of the molecule is [N-]=[N+]=NCCCCCSc1ccc(Cl)c(CN2C=C(C3CC3)C(c3ccccc3OC3CC3)=CC2)c1. The Labute approximate surface area is 223 Å². The van der Waals surface area contributed by atoms with Gasteiger partial charge in [-0.1, -0.05) is 47.4 Å². The lowest BCUT2D eigenvalue weighted by molar-refractivity contribution is 0.302. The van der Waals surface area contributed by atoms with Gasteiger partial charge in [0.15, 0.2) is 0 Å². The second-order valence-electron chi connectivity index (χ2n) is 9.84. The number of halogens is 1. The molecule has 0 amide bonds. The lowest BCUT2D eigenvalue weighted by atomic mass is 9.92. The average molecular weight is 521 g/mol. The van der Waals surface area contributed by atoms with Crippen molar-refractivity contribution >= 4 is 28.9 Å². The van der Waals surface area contributed by atoms with Gasteiger partial charge in [-0.3, -0.25) is 0 Å². The van der Waals surface area contributed by atoms with E-state index in [-0.39, 0.29) is 0 Å². The largest absolute Gasteiger partial charge is 0.490 e. The second kappa shape index (κ2) is 12.1. The van der Waals surface area contributed by atoms with Gasteiger partial charge < -0.3 is 9.64 Å². The van der Waals surface area contributed by atoms with Crippen molar-refractivity contribution in [3.8, 4) is 5.75 Å². The number of benzene rings is 2. The summed E-state index contributed by atoms with van der Waals surface area (Å²) in [4.78, 5) is 6.47. The highest BCUT2D eigenvalue weighted by Crippen LogP contribution is 2.47. The van der Waals surface area contributed by atoms with Gasteiger partial charge in [0, 0.05) is 46.2 Å². The Morgan fingerprint density at radius 1 is 1.08 bits per heavy atom. The predicted molar refractivity (Wildman–Crippen MR) is 149 cm³/mol. The first-order valence-electron chi connectivity index (χ1n) is 13.1. The number of thioether (sulfide) groups is 1. The number of ether oxygens (including phenoxy) is 1. The summed E-state index contributed by atoms with van der Waals surface area (Å²) in [6, 6.07) is 14.9. The molecule has 7 heteroatoms. The van der Waals surface area contributed by atoms with Gasteiger partial charge in [0.25, 0.3) is 0 Å². The Bertz CT molecular complexity index is 1180. The van der Waals surface area contributed by atoms with E-state index >= 15 is 0 Å². The normalized spacial score (nSPS) is 17.3. The van der Waals surface area contributed by atoms with E-state index in [1.165, 1.54) is 52.9 Å². The third kappa shape index (κ3) is 6.82. The van der Waals surface area contributed by atoms with Crippen molar-refractivity contribution in [2.45, 2.75) is 62.5 Å². The molecular weight excluding hydrogens is 488 g/mol. The molecule has 0 bridgehead atoms. The highest BCUT2D eigenvalue weighted by molar-refractivity contribution is 7.99. The molecule has 2 fully saturated rings. The zero-order valence-corrected chi connectivity index (χ0v) is 22.2. The van der Waals surface area contributed by atoms with Gasteiger partial charge in [-0.05, 0) is 96.7 Å². The molecule has 1 aliphatic heterocycles. The standard InChI is InChI=1S/C29H33ClN4OS/c30-28-13-12-24(36-17-5-1-4-15-32-33-31)18-22(28)19-34-16-14-25(27(20-34)21-8-9-21)26-6-2-3-7-29(26)35-23-10-11-23/h2-3,6-7,12-14,18,20-21,23H,1,4-5,8-11,15-17,19H2. The molecule has 36 heavy (non-hydrogen) atoms. The summed E-state index contributed by atoms with van der Waals surface area (Å²) in [7, 11) is 0. The number of rotatable bonds is 13. The molecule has 2 aromatic rings. The highest BCUT2D eigenvalue weighted by Gasteiger charge is 2.32. The first-order valence-corrected chi connectivity index (χ1v) is 14.4. The van der Waals surface area contributed by atoms with Crippen molar-refractivity contribution in [2.24, 2.45) is 11.0 Å². The smallest absolute Gasteiger partial charge is 0.127 e. The summed E-state index contributed by atoms with van der Waals surface area (Å²) >= 11 is 8.50. The van der Waals surface area contributed by atoms with Crippen LogP contribution >= 0.6 is 23.4 Å². The van der Waals surface area contributed by atoms with Gasteiger partial charge in [-0.25, -0.2) is 0 Å². The van der Waals surface area contributed by atoms with Gasteiger partial charge in [-0.15, -0.1) is 11.8 Å². The summed E-state index contributed by atoms with van der Waals surface area (Å²) in [5, 5.41) is 4.43. The van der Waals surface area contributed by atoms with Gasteiger partial charge in [0.1, 0.15) is 5.75 Å². The fraction of sp³-hybridized carbons (Fsp3) is 0.448. The molecule has 0 spiro atoms. The number of para-hydroxylation sites is 1. The Hall–Kier alpha value is -2.53.